The summed E-state index contributed by atoms with van der Waals surface area (Å²) in [6.45, 7) is 1.33. The second-order valence-electron chi connectivity index (χ2n) is 8.27. The third-order valence-corrected chi connectivity index (χ3v) is 6.51. The average molecular weight is 473 g/mol. The van der Waals surface area contributed by atoms with Crippen molar-refractivity contribution in [3.8, 4) is 5.69 Å². The first kappa shape index (κ1) is 21.9. The lowest BCUT2D eigenvalue weighted by molar-refractivity contribution is -0.137. The van der Waals surface area contributed by atoms with Crippen LogP contribution in [0.5, 0.6) is 0 Å². The summed E-state index contributed by atoms with van der Waals surface area (Å²) >= 11 is 5.71. The van der Waals surface area contributed by atoms with Crippen molar-refractivity contribution < 1.29 is 17.9 Å². The van der Waals surface area contributed by atoms with E-state index in [9.17, 15) is 13.2 Å². The number of pyridine rings is 1. The standard InChI is InChI=1S/C24H23F3N4OS/c25-24(26,27)16-6-3-7-17(14-16)30-12-4-10-20(30)22-21(19-9-1-2-11-28-19)29-23(33)31(22)15-18-8-5-13-32-18/h1-4,6-7,9-12,14,18,21-22H,5,8,13,15H2,(H,29,33)/t18-,21+,22+/m0/s1. The maximum atomic E-state index is 13.4. The molecule has 0 saturated carbocycles. The maximum absolute atomic E-state index is 13.4. The monoisotopic (exact) mass is 472 g/mol. The Kier molecular flexibility index (Phi) is 5.84. The summed E-state index contributed by atoms with van der Waals surface area (Å²) in [6.07, 6.45) is 1.12. The quantitative estimate of drug-likeness (QED) is 0.527. The van der Waals surface area contributed by atoms with Crippen molar-refractivity contribution in [2.45, 2.75) is 37.2 Å². The number of alkyl halides is 3. The minimum Gasteiger partial charge on any atom is -0.376 e. The Labute approximate surface area is 195 Å². The number of halogens is 3. The fourth-order valence-electron chi connectivity index (χ4n) is 4.63. The molecule has 5 rings (SSSR count). The summed E-state index contributed by atoms with van der Waals surface area (Å²) in [5.74, 6) is 0. The highest BCUT2D eigenvalue weighted by atomic mass is 32.1. The largest absolute Gasteiger partial charge is 0.416 e. The Morgan fingerprint density at radius 1 is 1.12 bits per heavy atom. The summed E-state index contributed by atoms with van der Waals surface area (Å²) in [7, 11) is 0. The first-order valence-electron chi connectivity index (χ1n) is 10.9. The number of nitrogens with one attached hydrogen (secondary N) is 1. The molecular formula is C24H23F3N4OS. The van der Waals surface area contributed by atoms with Crippen molar-refractivity contribution in [3.05, 3.63) is 83.9 Å². The van der Waals surface area contributed by atoms with Gasteiger partial charge in [-0.15, -0.1) is 0 Å². The van der Waals surface area contributed by atoms with E-state index in [2.05, 4.69) is 15.2 Å². The third kappa shape index (κ3) is 4.35. The Morgan fingerprint density at radius 3 is 2.73 bits per heavy atom. The molecule has 1 aromatic carbocycles. The zero-order chi connectivity index (χ0) is 23.0. The number of nitrogens with zero attached hydrogens (tertiary/aromatic N) is 3. The van der Waals surface area contributed by atoms with Crippen LogP contribution in [0.3, 0.4) is 0 Å². The minimum atomic E-state index is -4.41. The van der Waals surface area contributed by atoms with Crippen LogP contribution in [0.2, 0.25) is 0 Å². The van der Waals surface area contributed by atoms with Gasteiger partial charge in [0.25, 0.3) is 0 Å². The van der Waals surface area contributed by atoms with E-state index >= 15 is 0 Å². The van der Waals surface area contributed by atoms with Crippen LogP contribution in [0.25, 0.3) is 5.69 Å². The van der Waals surface area contributed by atoms with Crippen LogP contribution in [0.4, 0.5) is 13.2 Å². The van der Waals surface area contributed by atoms with Gasteiger partial charge in [-0.3, -0.25) is 4.98 Å². The molecule has 2 aromatic heterocycles. The van der Waals surface area contributed by atoms with Crippen LogP contribution in [-0.2, 0) is 10.9 Å². The van der Waals surface area contributed by atoms with Gasteiger partial charge in [-0.25, -0.2) is 0 Å². The normalized spacial score (nSPS) is 23.2. The molecule has 4 heterocycles. The first-order chi connectivity index (χ1) is 15.9. The zero-order valence-corrected chi connectivity index (χ0v) is 18.5. The summed E-state index contributed by atoms with van der Waals surface area (Å²) in [4.78, 5) is 6.62. The smallest absolute Gasteiger partial charge is 0.376 e. The fraction of sp³-hybridized carbons (Fsp3) is 0.333. The molecule has 2 aliphatic rings. The summed E-state index contributed by atoms with van der Waals surface area (Å²) in [5.41, 5.74) is 1.41. The number of aromatic nitrogens is 2. The molecule has 2 saturated heterocycles. The van der Waals surface area contributed by atoms with Gasteiger partial charge in [0.1, 0.15) is 0 Å². The number of hydrogen-bond acceptors (Lipinski definition) is 3. The van der Waals surface area contributed by atoms with Crippen molar-refractivity contribution in [3.63, 3.8) is 0 Å². The topological polar surface area (TPSA) is 42.3 Å². The van der Waals surface area contributed by atoms with Crippen LogP contribution < -0.4 is 5.32 Å². The average Bonchev–Trinajstić information content (AvgIpc) is 3.55. The molecule has 5 nitrogen and oxygen atoms in total. The van der Waals surface area contributed by atoms with Gasteiger partial charge in [-0.2, -0.15) is 13.2 Å². The van der Waals surface area contributed by atoms with Crippen LogP contribution in [0.1, 0.15) is 41.9 Å². The van der Waals surface area contributed by atoms with Gasteiger partial charge in [0.05, 0.1) is 29.4 Å². The van der Waals surface area contributed by atoms with Crippen LogP contribution in [0, 0.1) is 0 Å². The summed E-state index contributed by atoms with van der Waals surface area (Å²) in [6, 6.07) is 14.3. The molecule has 0 spiro atoms. The van der Waals surface area contributed by atoms with Gasteiger partial charge in [0, 0.05) is 36.9 Å². The predicted molar refractivity (Wildman–Crippen MR) is 122 cm³/mol. The lowest BCUT2D eigenvalue weighted by atomic mass is 10.0. The van der Waals surface area contributed by atoms with Crippen molar-refractivity contribution >= 4 is 17.3 Å². The van der Waals surface area contributed by atoms with Gasteiger partial charge in [0.15, 0.2) is 5.11 Å². The first-order valence-corrected chi connectivity index (χ1v) is 11.3. The fourth-order valence-corrected chi connectivity index (χ4v) is 4.95. The highest BCUT2D eigenvalue weighted by Gasteiger charge is 2.42. The number of benzene rings is 1. The van der Waals surface area contributed by atoms with E-state index in [4.69, 9.17) is 17.0 Å². The molecule has 0 unspecified atom stereocenters. The van der Waals surface area contributed by atoms with Crippen molar-refractivity contribution in [2.75, 3.05) is 13.2 Å². The maximum Gasteiger partial charge on any atom is 0.416 e. The molecule has 33 heavy (non-hydrogen) atoms. The van der Waals surface area contributed by atoms with Crippen molar-refractivity contribution in [1.29, 1.82) is 0 Å². The molecule has 0 aliphatic carbocycles. The van der Waals surface area contributed by atoms with Crippen molar-refractivity contribution in [1.82, 2.24) is 19.8 Å². The molecule has 0 bridgehead atoms. The summed E-state index contributed by atoms with van der Waals surface area (Å²) < 4.78 is 47.8. The minimum absolute atomic E-state index is 0.0618. The second kappa shape index (κ2) is 8.79. The van der Waals surface area contributed by atoms with E-state index in [1.165, 1.54) is 12.1 Å². The molecular weight excluding hydrogens is 449 g/mol. The third-order valence-electron chi connectivity index (χ3n) is 6.16. The van der Waals surface area contributed by atoms with Gasteiger partial charge in [-0.05, 0) is 67.5 Å². The van der Waals surface area contributed by atoms with E-state index < -0.39 is 11.7 Å². The molecule has 0 radical (unpaired) electrons. The van der Waals surface area contributed by atoms with E-state index in [1.807, 2.05) is 30.3 Å². The molecule has 1 N–H and O–H groups in total. The van der Waals surface area contributed by atoms with E-state index in [0.29, 0.717) is 17.3 Å². The molecule has 3 atom stereocenters. The lowest BCUT2D eigenvalue weighted by Crippen LogP contribution is -2.36. The number of hydrogen-bond donors (Lipinski definition) is 1. The number of ether oxygens (including phenoxy) is 1. The Balaban J connectivity index is 1.57. The second-order valence-corrected chi connectivity index (χ2v) is 8.65. The molecule has 172 valence electrons. The Bertz CT molecular complexity index is 1130. The number of rotatable bonds is 5. The van der Waals surface area contributed by atoms with Crippen molar-refractivity contribution in [2.24, 2.45) is 0 Å². The summed E-state index contributed by atoms with van der Waals surface area (Å²) in [5, 5.41) is 3.98. The van der Waals surface area contributed by atoms with Crippen LogP contribution >= 0.6 is 12.2 Å². The molecule has 2 fully saturated rings. The predicted octanol–water partition coefficient (Wildman–Crippen LogP) is 5.04. The SMILES string of the molecule is FC(F)(F)c1cccc(-n2cccc2[C@@H]2[C@@H](c3ccccn3)NC(=S)N2C[C@@H]2CCCO2)c1. The molecule has 0 amide bonds. The van der Waals surface area contributed by atoms with E-state index in [0.717, 1.165) is 36.9 Å². The van der Waals surface area contributed by atoms with Gasteiger partial charge >= 0.3 is 6.18 Å². The van der Waals surface area contributed by atoms with Gasteiger partial charge < -0.3 is 19.5 Å². The lowest BCUT2D eigenvalue weighted by Gasteiger charge is -2.30. The van der Waals surface area contributed by atoms with Crippen LogP contribution in [0.15, 0.2) is 67.0 Å². The van der Waals surface area contributed by atoms with E-state index in [-0.39, 0.29) is 18.2 Å². The van der Waals surface area contributed by atoms with Gasteiger partial charge in [0.2, 0.25) is 0 Å². The molecule has 3 aromatic rings. The highest BCUT2D eigenvalue weighted by Crippen LogP contribution is 2.40. The zero-order valence-electron chi connectivity index (χ0n) is 17.7. The number of thiocarbonyl (C=S) groups is 1. The highest BCUT2D eigenvalue weighted by molar-refractivity contribution is 7.80. The van der Waals surface area contributed by atoms with Crippen LogP contribution in [-0.4, -0.2) is 38.8 Å². The Morgan fingerprint density at radius 2 is 2.00 bits per heavy atom. The molecule has 2 aliphatic heterocycles. The van der Waals surface area contributed by atoms with E-state index in [1.54, 1.807) is 23.0 Å². The van der Waals surface area contributed by atoms with Gasteiger partial charge in [-0.1, -0.05) is 12.1 Å². The molecule has 9 heteroatoms. The Hall–Kier alpha value is -2.91.